The summed E-state index contributed by atoms with van der Waals surface area (Å²) in [6.07, 6.45) is 0. The van der Waals surface area contributed by atoms with E-state index in [-0.39, 0.29) is 17.1 Å². The molecule has 150 valence electrons. The molecule has 1 heterocycles. The van der Waals surface area contributed by atoms with Crippen LogP contribution >= 0.6 is 11.8 Å². The number of halogens is 1. The Hall–Kier alpha value is -2.05. The summed E-state index contributed by atoms with van der Waals surface area (Å²) in [4.78, 5) is 16.3. The van der Waals surface area contributed by atoms with Crippen molar-refractivity contribution in [2.24, 2.45) is 0 Å². The number of nitrogens with zero attached hydrogens (tertiary/aromatic N) is 1. The maximum atomic E-state index is 13.3. The molecule has 0 aromatic heterocycles. The van der Waals surface area contributed by atoms with E-state index in [9.17, 15) is 9.18 Å². The van der Waals surface area contributed by atoms with Gasteiger partial charge in [0.05, 0.1) is 13.2 Å². The summed E-state index contributed by atoms with van der Waals surface area (Å²) < 4.78 is 18.6. The molecule has 1 fully saturated rings. The highest BCUT2D eigenvalue weighted by molar-refractivity contribution is 7.99. The molecule has 1 amide bonds. The van der Waals surface area contributed by atoms with Crippen LogP contribution in [-0.2, 0) is 11.3 Å². The maximum Gasteiger partial charge on any atom is 0.278 e. The van der Waals surface area contributed by atoms with Crippen molar-refractivity contribution >= 4 is 17.7 Å². The summed E-state index contributed by atoms with van der Waals surface area (Å²) in [5.74, 6) is 1.63. The Morgan fingerprint density at radius 1 is 1.29 bits per heavy atom. The zero-order valence-electron chi connectivity index (χ0n) is 16.7. The van der Waals surface area contributed by atoms with Crippen LogP contribution < -0.4 is 9.64 Å². The Morgan fingerprint density at radius 3 is 2.71 bits per heavy atom. The van der Waals surface area contributed by atoms with Gasteiger partial charge in [-0.05, 0) is 43.7 Å². The molecule has 1 aliphatic rings. The molecule has 1 saturated heterocycles. The van der Waals surface area contributed by atoms with E-state index in [1.54, 1.807) is 31.0 Å². The van der Waals surface area contributed by atoms with Gasteiger partial charge in [-0.2, -0.15) is 0 Å². The molecule has 6 heteroatoms. The van der Waals surface area contributed by atoms with Crippen LogP contribution in [0.4, 0.5) is 4.39 Å². The highest BCUT2D eigenvalue weighted by Gasteiger charge is 2.33. The van der Waals surface area contributed by atoms with Gasteiger partial charge >= 0.3 is 0 Å². The molecule has 2 atom stereocenters. The number of ether oxygens (including phenoxy) is 1. The van der Waals surface area contributed by atoms with Crippen LogP contribution in [0.15, 0.2) is 48.5 Å². The first-order valence-electron chi connectivity index (χ1n) is 9.62. The first-order chi connectivity index (χ1) is 13.5. The molecule has 0 spiro atoms. The van der Waals surface area contributed by atoms with E-state index in [1.807, 2.05) is 23.1 Å². The average Bonchev–Trinajstić information content (AvgIpc) is 3.18. The van der Waals surface area contributed by atoms with E-state index in [0.717, 1.165) is 35.7 Å². The van der Waals surface area contributed by atoms with Gasteiger partial charge in [-0.25, -0.2) is 4.39 Å². The molecule has 1 N–H and O–H groups in total. The van der Waals surface area contributed by atoms with Crippen molar-refractivity contribution in [3.8, 4) is 5.75 Å². The van der Waals surface area contributed by atoms with Crippen LogP contribution in [0, 0.1) is 5.82 Å². The van der Waals surface area contributed by atoms with Crippen molar-refractivity contribution < 1.29 is 18.8 Å². The van der Waals surface area contributed by atoms with Crippen molar-refractivity contribution in [1.29, 1.82) is 0 Å². The highest BCUT2D eigenvalue weighted by atomic mass is 32.2. The minimum atomic E-state index is -0.252. The first kappa shape index (κ1) is 20.7. The van der Waals surface area contributed by atoms with E-state index in [1.165, 1.54) is 17.0 Å². The Morgan fingerprint density at radius 2 is 2.04 bits per heavy atom. The highest BCUT2D eigenvalue weighted by Crippen LogP contribution is 2.37. The van der Waals surface area contributed by atoms with Gasteiger partial charge in [0.25, 0.3) is 5.91 Å². The number of amides is 1. The Labute approximate surface area is 170 Å². The number of benzene rings is 2. The molecule has 28 heavy (non-hydrogen) atoms. The largest absolute Gasteiger partial charge is 0.497 e. The molecule has 0 saturated carbocycles. The third-order valence-corrected chi connectivity index (χ3v) is 6.39. The Bertz CT molecular complexity index is 797. The molecular formula is C22H28FN2O2S+. The van der Waals surface area contributed by atoms with Crippen molar-refractivity contribution in [2.45, 2.75) is 31.8 Å². The van der Waals surface area contributed by atoms with Crippen LogP contribution in [-0.4, -0.2) is 42.8 Å². The zero-order valence-corrected chi connectivity index (χ0v) is 17.5. The average molecular weight is 404 g/mol. The summed E-state index contributed by atoms with van der Waals surface area (Å²) >= 11 is 1.74. The SMILES string of the molecule is COc1cccc(C[NH+](CC(=O)N2CCS[C@H]2c2ccc(F)cc2)C(C)C)c1. The van der Waals surface area contributed by atoms with Gasteiger partial charge in [0.1, 0.15) is 23.5 Å². The summed E-state index contributed by atoms with van der Waals surface area (Å²) in [5, 5.41) is -0.0293. The van der Waals surface area contributed by atoms with Crippen LogP contribution in [0.2, 0.25) is 0 Å². The summed E-state index contributed by atoms with van der Waals surface area (Å²) in [5.41, 5.74) is 2.14. The summed E-state index contributed by atoms with van der Waals surface area (Å²) in [7, 11) is 1.66. The molecule has 3 rings (SSSR count). The number of thioether (sulfide) groups is 1. The molecule has 2 aromatic rings. The number of rotatable bonds is 7. The van der Waals surface area contributed by atoms with Crippen LogP contribution in [0.1, 0.15) is 30.3 Å². The normalized spacial score (nSPS) is 17.8. The number of methoxy groups -OCH3 is 1. The van der Waals surface area contributed by atoms with Gasteiger partial charge in [0.15, 0.2) is 6.54 Å². The molecule has 0 bridgehead atoms. The van der Waals surface area contributed by atoms with E-state index in [2.05, 4.69) is 19.9 Å². The van der Waals surface area contributed by atoms with E-state index < -0.39 is 0 Å². The van der Waals surface area contributed by atoms with Gasteiger partial charge in [-0.1, -0.05) is 24.3 Å². The van der Waals surface area contributed by atoms with Crippen LogP contribution in [0.3, 0.4) is 0 Å². The molecule has 4 nitrogen and oxygen atoms in total. The van der Waals surface area contributed by atoms with E-state index in [4.69, 9.17) is 4.74 Å². The molecule has 1 unspecified atom stereocenters. The number of quaternary nitrogens is 1. The van der Waals surface area contributed by atoms with Gasteiger partial charge in [0.2, 0.25) is 0 Å². The van der Waals surface area contributed by atoms with E-state index >= 15 is 0 Å². The molecular weight excluding hydrogens is 375 g/mol. The zero-order chi connectivity index (χ0) is 20.1. The molecule has 1 aliphatic heterocycles. The minimum absolute atomic E-state index is 0.0293. The number of carbonyl (C=O) groups excluding carboxylic acids is 1. The number of nitrogens with one attached hydrogen (secondary N) is 1. The summed E-state index contributed by atoms with van der Waals surface area (Å²) in [6, 6.07) is 14.8. The second-order valence-corrected chi connectivity index (χ2v) is 8.57. The lowest BCUT2D eigenvalue weighted by molar-refractivity contribution is -0.927. The first-order valence-corrected chi connectivity index (χ1v) is 10.7. The van der Waals surface area contributed by atoms with Gasteiger partial charge in [-0.3, -0.25) is 4.79 Å². The predicted molar refractivity (Wildman–Crippen MR) is 111 cm³/mol. The second-order valence-electron chi connectivity index (χ2n) is 7.38. The van der Waals surface area contributed by atoms with Crippen molar-refractivity contribution in [3.63, 3.8) is 0 Å². The summed E-state index contributed by atoms with van der Waals surface area (Å²) in [6.45, 7) is 6.21. The minimum Gasteiger partial charge on any atom is -0.497 e. The fraction of sp³-hybridized carbons (Fsp3) is 0.409. The maximum absolute atomic E-state index is 13.3. The third kappa shape index (κ3) is 5.06. The quantitative estimate of drug-likeness (QED) is 0.772. The van der Waals surface area contributed by atoms with E-state index in [0.29, 0.717) is 12.6 Å². The van der Waals surface area contributed by atoms with Gasteiger partial charge < -0.3 is 14.5 Å². The topological polar surface area (TPSA) is 34.0 Å². The van der Waals surface area contributed by atoms with Crippen LogP contribution in [0.25, 0.3) is 0 Å². The second kappa shape index (κ2) is 9.43. The smallest absolute Gasteiger partial charge is 0.278 e. The fourth-order valence-corrected chi connectivity index (χ4v) is 4.72. The molecule has 2 aromatic carbocycles. The number of carbonyl (C=O) groups is 1. The van der Waals surface area contributed by atoms with Crippen molar-refractivity contribution in [3.05, 3.63) is 65.5 Å². The molecule has 0 radical (unpaired) electrons. The fourth-order valence-electron chi connectivity index (χ4n) is 3.44. The van der Waals surface area contributed by atoms with Crippen molar-refractivity contribution in [1.82, 2.24) is 4.90 Å². The number of hydrogen-bond acceptors (Lipinski definition) is 3. The Balaban J connectivity index is 1.70. The van der Waals surface area contributed by atoms with Gasteiger partial charge in [-0.15, -0.1) is 11.8 Å². The van der Waals surface area contributed by atoms with Crippen molar-refractivity contribution in [2.75, 3.05) is 26.0 Å². The monoisotopic (exact) mass is 403 g/mol. The lowest BCUT2D eigenvalue weighted by Gasteiger charge is -2.28. The standard InChI is InChI=1S/C22H27FN2O2S/c1-16(2)24(14-17-5-4-6-20(13-17)27-3)15-21(26)25-11-12-28-22(25)18-7-9-19(23)10-8-18/h4-10,13,16,22H,11-12,14-15H2,1-3H3/p+1/t22-/m0/s1. The lowest BCUT2D eigenvalue weighted by Crippen LogP contribution is -3.14. The Kier molecular flexibility index (Phi) is 6.97. The lowest BCUT2D eigenvalue weighted by atomic mass is 10.1. The predicted octanol–water partition coefficient (Wildman–Crippen LogP) is 2.90. The van der Waals surface area contributed by atoms with Gasteiger partial charge in [0, 0.05) is 17.9 Å². The third-order valence-electron chi connectivity index (χ3n) is 5.13. The molecule has 0 aliphatic carbocycles. The number of hydrogen-bond donors (Lipinski definition) is 1. The van der Waals surface area contributed by atoms with Crippen LogP contribution in [0.5, 0.6) is 5.75 Å².